The van der Waals surface area contributed by atoms with Gasteiger partial charge < -0.3 is 14.8 Å². The summed E-state index contributed by atoms with van der Waals surface area (Å²) < 4.78 is 13.1. The first-order chi connectivity index (χ1) is 13.6. The van der Waals surface area contributed by atoms with Crippen molar-refractivity contribution in [3.63, 3.8) is 0 Å². The van der Waals surface area contributed by atoms with Gasteiger partial charge in [-0.3, -0.25) is 9.48 Å². The van der Waals surface area contributed by atoms with E-state index in [1.54, 1.807) is 10.9 Å². The van der Waals surface area contributed by atoms with Crippen LogP contribution >= 0.6 is 0 Å². The molecule has 28 heavy (non-hydrogen) atoms. The fourth-order valence-corrected chi connectivity index (χ4v) is 3.51. The molecule has 1 aromatic heterocycles. The van der Waals surface area contributed by atoms with E-state index in [9.17, 15) is 4.79 Å². The molecule has 0 aliphatic carbocycles. The summed E-state index contributed by atoms with van der Waals surface area (Å²) in [6, 6.07) is 12.2. The van der Waals surface area contributed by atoms with Crippen molar-refractivity contribution in [2.24, 2.45) is 7.05 Å². The highest BCUT2D eigenvalue weighted by Crippen LogP contribution is 2.36. The molecule has 2 heterocycles. The van der Waals surface area contributed by atoms with Gasteiger partial charge in [-0.05, 0) is 35.8 Å². The van der Waals surface area contributed by atoms with E-state index in [4.69, 9.17) is 9.47 Å². The van der Waals surface area contributed by atoms with E-state index >= 15 is 0 Å². The molecule has 1 N–H and O–H groups in total. The molecule has 3 aromatic rings. The molecule has 0 atom stereocenters. The van der Waals surface area contributed by atoms with E-state index < -0.39 is 0 Å². The Hall–Kier alpha value is -3.12. The number of aryl methyl sites for hydroxylation is 2. The Morgan fingerprint density at radius 3 is 2.89 bits per heavy atom. The number of nitrogens with zero attached hydrogens (tertiary/aromatic N) is 2. The van der Waals surface area contributed by atoms with Crippen molar-refractivity contribution in [2.75, 3.05) is 25.1 Å². The SMILES string of the molecule is Cc1nn(C)cc1NC(=O)COc1ccc2ccccc2c1C1=CCOCC1. The Bertz CT molecular complexity index is 1050. The first-order valence-corrected chi connectivity index (χ1v) is 9.33. The molecular weight excluding hydrogens is 354 g/mol. The molecule has 0 saturated heterocycles. The smallest absolute Gasteiger partial charge is 0.262 e. The van der Waals surface area contributed by atoms with Crippen molar-refractivity contribution >= 4 is 27.9 Å². The number of fused-ring (bicyclic) bond motifs is 1. The molecule has 4 rings (SSSR count). The zero-order valence-corrected chi connectivity index (χ0v) is 16.1. The molecule has 1 aliphatic heterocycles. The van der Waals surface area contributed by atoms with Gasteiger partial charge in [-0.1, -0.05) is 36.4 Å². The Kier molecular flexibility index (Phi) is 5.12. The fourth-order valence-electron chi connectivity index (χ4n) is 3.51. The summed E-state index contributed by atoms with van der Waals surface area (Å²) >= 11 is 0. The molecule has 144 valence electrons. The summed E-state index contributed by atoms with van der Waals surface area (Å²) in [6.45, 7) is 3.08. The van der Waals surface area contributed by atoms with E-state index in [2.05, 4.69) is 28.6 Å². The average Bonchev–Trinajstić information content (AvgIpc) is 3.03. The number of hydrogen-bond donors (Lipinski definition) is 1. The topological polar surface area (TPSA) is 65.4 Å². The van der Waals surface area contributed by atoms with Crippen molar-refractivity contribution < 1.29 is 14.3 Å². The average molecular weight is 377 g/mol. The lowest BCUT2D eigenvalue weighted by Gasteiger charge is -2.19. The highest BCUT2D eigenvalue weighted by atomic mass is 16.5. The normalized spacial score (nSPS) is 14.0. The lowest BCUT2D eigenvalue weighted by molar-refractivity contribution is -0.118. The van der Waals surface area contributed by atoms with Crippen LogP contribution < -0.4 is 10.1 Å². The largest absolute Gasteiger partial charge is 0.483 e. The van der Waals surface area contributed by atoms with Crippen LogP contribution in [0, 0.1) is 6.92 Å². The number of ether oxygens (including phenoxy) is 2. The summed E-state index contributed by atoms with van der Waals surface area (Å²) in [5.41, 5.74) is 3.71. The van der Waals surface area contributed by atoms with Crippen LogP contribution in [0.1, 0.15) is 17.7 Å². The van der Waals surface area contributed by atoms with Crippen molar-refractivity contribution in [2.45, 2.75) is 13.3 Å². The standard InChI is InChI=1S/C22H23N3O3/c1-15-19(13-25(2)24-15)23-21(26)14-28-20-8-7-16-5-3-4-6-18(16)22(20)17-9-11-27-12-10-17/h3-9,13H,10-12,14H2,1-2H3,(H,23,26). The maximum Gasteiger partial charge on any atom is 0.262 e. The Morgan fingerprint density at radius 2 is 2.14 bits per heavy atom. The molecule has 2 aromatic carbocycles. The van der Waals surface area contributed by atoms with Crippen LogP contribution in [0.4, 0.5) is 5.69 Å². The van der Waals surface area contributed by atoms with Crippen molar-refractivity contribution in [3.05, 3.63) is 59.9 Å². The van der Waals surface area contributed by atoms with Crippen LogP contribution in [0.5, 0.6) is 5.75 Å². The van der Waals surface area contributed by atoms with Gasteiger partial charge in [0.25, 0.3) is 5.91 Å². The van der Waals surface area contributed by atoms with Crippen molar-refractivity contribution in [3.8, 4) is 5.75 Å². The van der Waals surface area contributed by atoms with E-state index in [1.807, 2.05) is 38.2 Å². The number of anilines is 1. The summed E-state index contributed by atoms with van der Waals surface area (Å²) in [6.07, 6.45) is 4.70. The second kappa shape index (κ2) is 7.86. The first kappa shape index (κ1) is 18.3. The number of rotatable bonds is 5. The molecule has 6 heteroatoms. The van der Waals surface area contributed by atoms with Gasteiger partial charge in [-0.15, -0.1) is 0 Å². The van der Waals surface area contributed by atoms with Gasteiger partial charge in [-0.25, -0.2) is 0 Å². The van der Waals surface area contributed by atoms with Gasteiger partial charge in [0.1, 0.15) is 5.75 Å². The van der Waals surface area contributed by atoms with Crippen LogP contribution in [0.25, 0.3) is 16.3 Å². The Labute approximate surface area is 163 Å². The van der Waals surface area contributed by atoms with Crippen LogP contribution in [0.3, 0.4) is 0 Å². The minimum atomic E-state index is -0.212. The number of aromatic nitrogens is 2. The minimum absolute atomic E-state index is 0.0660. The Morgan fingerprint density at radius 1 is 1.29 bits per heavy atom. The highest BCUT2D eigenvalue weighted by Gasteiger charge is 2.17. The lowest BCUT2D eigenvalue weighted by atomic mass is 9.94. The monoisotopic (exact) mass is 377 g/mol. The van der Waals surface area contributed by atoms with Gasteiger partial charge in [0.15, 0.2) is 6.61 Å². The lowest BCUT2D eigenvalue weighted by Crippen LogP contribution is -2.20. The second-order valence-corrected chi connectivity index (χ2v) is 6.85. The van der Waals surface area contributed by atoms with E-state index in [-0.39, 0.29) is 12.5 Å². The van der Waals surface area contributed by atoms with Crippen molar-refractivity contribution in [1.29, 1.82) is 0 Å². The molecule has 0 radical (unpaired) electrons. The fraction of sp³-hybridized carbons (Fsp3) is 0.273. The third-order valence-electron chi connectivity index (χ3n) is 4.82. The molecule has 1 amide bonds. The number of carbonyl (C=O) groups excluding carboxylic acids is 1. The minimum Gasteiger partial charge on any atom is -0.483 e. The maximum atomic E-state index is 12.4. The second-order valence-electron chi connectivity index (χ2n) is 6.85. The predicted molar refractivity (Wildman–Crippen MR) is 109 cm³/mol. The number of nitrogens with one attached hydrogen (secondary N) is 1. The van der Waals surface area contributed by atoms with Crippen LogP contribution in [-0.2, 0) is 16.6 Å². The number of amides is 1. The summed E-state index contributed by atoms with van der Waals surface area (Å²) in [4.78, 5) is 12.4. The van der Waals surface area contributed by atoms with Crippen LogP contribution in [0.2, 0.25) is 0 Å². The molecule has 0 bridgehead atoms. The molecule has 6 nitrogen and oxygen atoms in total. The number of carbonyl (C=O) groups is 1. The van der Waals surface area contributed by atoms with Gasteiger partial charge in [-0.2, -0.15) is 5.10 Å². The van der Waals surface area contributed by atoms with Gasteiger partial charge in [0, 0.05) is 18.8 Å². The number of hydrogen-bond acceptors (Lipinski definition) is 4. The first-order valence-electron chi connectivity index (χ1n) is 9.33. The van der Waals surface area contributed by atoms with Crippen molar-refractivity contribution in [1.82, 2.24) is 9.78 Å². The van der Waals surface area contributed by atoms with Gasteiger partial charge in [0.05, 0.1) is 24.6 Å². The maximum absolute atomic E-state index is 12.4. The molecule has 0 spiro atoms. The number of benzene rings is 2. The molecule has 0 unspecified atom stereocenters. The zero-order chi connectivity index (χ0) is 19.5. The van der Waals surface area contributed by atoms with Crippen LogP contribution in [-0.4, -0.2) is 35.5 Å². The third-order valence-corrected chi connectivity index (χ3v) is 4.82. The Balaban J connectivity index is 1.58. The summed E-state index contributed by atoms with van der Waals surface area (Å²) in [5, 5.41) is 9.36. The van der Waals surface area contributed by atoms with Gasteiger partial charge in [0.2, 0.25) is 0 Å². The third kappa shape index (κ3) is 3.77. The summed E-state index contributed by atoms with van der Waals surface area (Å²) in [5.74, 6) is 0.501. The van der Waals surface area contributed by atoms with E-state index in [0.717, 1.165) is 28.5 Å². The van der Waals surface area contributed by atoms with E-state index in [1.165, 1.54) is 5.57 Å². The van der Waals surface area contributed by atoms with E-state index in [0.29, 0.717) is 24.7 Å². The molecular formula is C22H23N3O3. The quantitative estimate of drug-likeness (QED) is 0.736. The predicted octanol–water partition coefficient (Wildman–Crippen LogP) is 3.70. The van der Waals surface area contributed by atoms with Gasteiger partial charge >= 0.3 is 0 Å². The molecule has 1 aliphatic rings. The highest BCUT2D eigenvalue weighted by molar-refractivity contribution is 5.97. The molecule has 0 fully saturated rings. The molecule has 0 saturated carbocycles. The zero-order valence-electron chi connectivity index (χ0n) is 16.1. The summed E-state index contributed by atoms with van der Waals surface area (Å²) in [7, 11) is 1.82. The van der Waals surface area contributed by atoms with Crippen LogP contribution in [0.15, 0.2) is 48.7 Å².